The van der Waals surface area contributed by atoms with E-state index in [4.69, 9.17) is 9.47 Å². The molecule has 2 aromatic carbocycles. The van der Waals surface area contributed by atoms with Crippen molar-refractivity contribution in [2.24, 2.45) is 0 Å². The maximum Gasteiger partial charge on any atom is 0.269 e. The Morgan fingerprint density at radius 2 is 1.93 bits per heavy atom. The van der Waals surface area contributed by atoms with E-state index in [-0.39, 0.29) is 24.4 Å². The van der Waals surface area contributed by atoms with E-state index in [0.717, 1.165) is 11.3 Å². The van der Waals surface area contributed by atoms with E-state index < -0.39 is 4.92 Å². The summed E-state index contributed by atoms with van der Waals surface area (Å²) >= 11 is 0. The van der Waals surface area contributed by atoms with Crippen LogP contribution >= 0.6 is 0 Å². The van der Waals surface area contributed by atoms with Gasteiger partial charge in [0.15, 0.2) is 11.5 Å². The van der Waals surface area contributed by atoms with Crippen LogP contribution in [0.2, 0.25) is 0 Å². The zero-order chi connectivity index (χ0) is 19.4. The van der Waals surface area contributed by atoms with Crippen LogP contribution in [0.25, 0.3) is 0 Å². The van der Waals surface area contributed by atoms with Crippen molar-refractivity contribution in [1.29, 1.82) is 0 Å². The van der Waals surface area contributed by atoms with E-state index in [1.807, 2.05) is 36.9 Å². The number of anilines is 1. The summed E-state index contributed by atoms with van der Waals surface area (Å²) in [5, 5.41) is 13.5. The predicted octanol–water partition coefficient (Wildman–Crippen LogP) is 3.17. The van der Waals surface area contributed by atoms with Crippen molar-refractivity contribution in [3.05, 3.63) is 58.1 Å². The first-order chi connectivity index (χ1) is 13.0. The topological polar surface area (TPSA) is 93.9 Å². The molecular weight excluding hydrogens is 350 g/mol. The van der Waals surface area contributed by atoms with Gasteiger partial charge in [-0.3, -0.25) is 19.8 Å². The lowest BCUT2D eigenvalue weighted by molar-refractivity contribution is -0.384. The molecule has 1 aliphatic rings. The molecule has 1 amide bonds. The van der Waals surface area contributed by atoms with Gasteiger partial charge in [0.25, 0.3) is 5.69 Å². The molecule has 0 aromatic heterocycles. The summed E-state index contributed by atoms with van der Waals surface area (Å²) in [6, 6.07) is 11.1. The van der Waals surface area contributed by atoms with E-state index in [2.05, 4.69) is 5.32 Å². The number of carbonyl (C=O) groups excluding carboxylic acids is 1. The van der Waals surface area contributed by atoms with Gasteiger partial charge in [0, 0.05) is 24.4 Å². The van der Waals surface area contributed by atoms with Crippen LogP contribution < -0.4 is 14.8 Å². The fourth-order valence-electron chi connectivity index (χ4n) is 2.88. The lowest BCUT2D eigenvalue weighted by Crippen LogP contribution is -2.41. The van der Waals surface area contributed by atoms with Gasteiger partial charge in [0.05, 0.1) is 11.0 Å². The second-order valence-corrected chi connectivity index (χ2v) is 6.22. The van der Waals surface area contributed by atoms with Gasteiger partial charge in [-0.05, 0) is 43.3 Å². The van der Waals surface area contributed by atoms with Crippen molar-refractivity contribution >= 4 is 17.3 Å². The van der Waals surface area contributed by atoms with Crippen molar-refractivity contribution in [3.63, 3.8) is 0 Å². The summed E-state index contributed by atoms with van der Waals surface area (Å²) < 4.78 is 10.7. The Hall–Kier alpha value is -3.13. The Bertz CT molecular complexity index is 838. The first-order valence-electron chi connectivity index (χ1n) is 8.66. The third-order valence-electron chi connectivity index (χ3n) is 4.50. The highest BCUT2D eigenvalue weighted by Gasteiger charge is 2.22. The number of carbonyl (C=O) groups is 1. The summed E-state index contributed by atoms with van der Waals surface area (Å²) in [5.41, 5.74) is 1.53. The SMILES string of the molecule is CCN(Cc1ccc2c(c1)OCO2)C(C)C(=O)Nc1ccc([N+](=O)[O-])cc1. The second-order valence-electron chi connectivity index (χ2n) is 6.22. The van der Waals surface area contributed by atoms with Crippen LogP contribution in [-0.2, 0) is 11.3 Å². The van der Waals surface area contributed by atoms with Gasteiger partial charge in [-0.2, -0.15) is 0 Å². The molecule has 0 bridgehead atoms. The average Bonchev–Trinajstić information content (AvgIpc) is 3.13. The lowest BCUT2D eigenvalue weighted by Gasteiger charge is -2.27. The third-order valence-corrected chi connectivity index (χ3v) is 4.50. The first-order valence-corrected chi connectivity index (χ1v) is 8.66. The molecule has 1 N–H and O–H groups in total. The number of non-ortho nitro benzene ring substituents is 1. The molecule has 0 saturated heterocycles. The number of ether oxygens (including phenoxy) is 2. The highest BCUT2D eigenvalue weighted by molar-refractivity contribution is 5.94. The van der Waals surface area contributed by atoms with Crippen molar-refractivity contribution in [1.82, 2.24) is 4.90 Å². The van der Waals surface area contributed by atoms with Crippen LogP contribution in [0, 0.1) is 10.1 Å². The van der Waals surface area contributed by atoms with Crippen LogP contribution in [-0.4, -0.2) is 35.1 Å². The van der Waals surface area contributed by atoms with Crippen LogP contribution in [0.1, 0.15) is 19.4 Å². The largest absolute Gasteiger partial charge is 0.454 e. The minimum Gasteiger partial charge on any atom is -0.454 e. The number of nitro benzene ring substituents is 1. The number of rotatable bonds is 7. The molecule has 27 heavy (non-hydrogen) atoms. The fourth-order valence-corrected chi connectivity index (χ4v) is 2.88. The predicted molar refractivity (Wildman–Crippen MR) is 99.8 cm³/mol. The van der Waals surface area contributed by atoms with E-state index >= 15 is 0 Å². The van der Waals surface area contributed by atoms with Gasteiger partial charge in [0.2, 0.25) is 12.7 Å². The standard InChI is InChI=1S/C19H21N3O5/c1-3-21(11-14-4-9-17-18(10-14)27-12-26-17)13(2)19(23)20-15-5-7-16(8-6-15)22(24)25/h4-10,13H,3,11-12H2,1-2H3,(H,20,23). The number of nitrogens with one attached hydrogen (secondary N) is 1. The molecule has 2 aromatic rings. The maximum atomic E-state index is 12.6. The number of nitro groups is 1. The zero-order valence-electron chi connectivity index (χ0n) is 15.2. The molecular formula is C19H21N3O5. The minimum atomic E-state index is -0.474. The molecule has 1 heterocycles. The Labute approximate surface area is 156 Å². The van der Waals surface area contributed by atoms with Crippen LogP contribution in [0.3, 0.4) is 0 Å². The molecule has 1 unspecified atom stereocenters. The number of benzene rings is 2. The van der Waals surface area contributed by atoms with Gasteiger partial charge >= 0.3 is 0 Å². The first kappa shape index (κ1) is 18.7. The van der Waals surface area contributed by atoms with Gasteiger partial charge in [0.1, 0.15) is 0 Å². The molecule has 0 fully saturated rings. The lowest BCUT2D eigenvalue weighted by atomic mass is 10.1. The van der Waals surface area contributed by atoms with Crippen molar-refractivity contribution in [3.8, 4) is 11.5 Å². The number of hydrogen-bond donors (Lipinski definition) is 1. The molecule has 8 heteroatoms. The van der Waals surface area contributed by atoms with E-state index in [0.29, 0.717) is 24.5 Å². The number of fused-ring (bicyclic) bond motifs is 1. The van der Waals surface area contributed by atoms with Crippen LogP contribution in [0.5, 0.6) is 11.5 Å². The van der Waals surface area contributed by atoms with E-state index in [9.17, 15) is 14.9 Å². The van der Waals surface area contributed by atoms with Gasteiger partial charge < -0.3 is 14.8 Å². The highest BCUT2D eigenvalue weighted by Crippen LogP contribution is 2.33. The molecule has 8 nitrogen and oxygen atoms in total. The fraction of sp³-hybridized carbons (Fsp3) is 0.316. The van der Waals surface area contributed by atoms with Crippen molar-refractivity contribution in [2.75, 3.05) is 18.7 Å². The van der Waals surface area contributed by atoms with Gasteiger partial charge in [-0.15, -0.1) is 0 Å². The Morgan fingerprint density at radius 1 is 1.22 bits per heavy atom. The molecule has 0 aliphatic carbocycles. The quantitative estimate of drug-likeness (QED) is 0.593. The molecule has 0 radical (unpaired) electrons. The molecule has 1 aliphatic heterocycles. The molecule has 1 atom stereocenters. The van der Waals surface area contributed by atoms with E-state index in [1.54, 1.807) is 0 Å². The number of nitrogens with zero attached hydrogens (tertiary/aromatic N) is 2. The summed E-state index contributed by atoms with van der Waals surface area (Å²) in [4.78, 5) is 24.8. The monoisotopic (exact) mass is 371 g/mol. The molecule has 3 rings (SSSR count). The number of likely N-dealkylation sites (N-methyl/N-ethyl adjacent to an activating group) is 1. The third kappa shape index (κ3) is 4.35. The van der Waals surface area contributed by atoms with Crippen LogP contribution in [0.4, 0.5) is 11.4 Å². The highest BCUT2D eigenvalue weighted by atomic mass is 16.7. The summed E-state index contributed by atoms with van der Waals surface area (Å²) in [5.74, 6) is 1.27. The van der Waals surface area contributed by atoms with Gasteiger partial charge in [-0.1, -0.05) is 13.0 Å². The smallest absolute Gasteiger partial charge is 0.269 e. The summed E-state index contributed by atoms with van der Waals surface area (Å²) in [6.45, 7) is 5.31. The Kier molecular flexibility index (Phi) is 5.56. The second kappa shape index (κ2) is 8.05. The van der Waals surface area contributed by atoms with Crippen molar-refractivity contribution < 1.29 is 19.2 Å². The zero-order valence-corrected chi connectivity index (χ0v) is 15.2. The Balaban J connectivity index is 1.64. The number of hydrogen-bond acceptors (Lipinski definition) is 6. The normalized spacial score (nSPS) is 13.4. The molecule has 0 spiro atoms. The maximum absolute atomic E-state index is 12.6. The minimum absolute atomic E-state index is 0.0148. The van der Waals surface area contributed by atoms with Crippen LogP contribution in [0.15, 0.2) is 42.5 Å². The van der Waals surface area contributed by atoms with Crippen molar-refractivity contribution in [2.45, 2.75) is 26.4 Å². The van der Waals surface area contributed by atoms with Gasteiger partial charge in [-0.25, -0.2) is 0 Å². The average molecular weight is 371 g/mol. The summed E-state index contributed by atoms with van der Waals surface area (Å²) in [7, 11) is 0. The number of amides is 1. The molecule has 142 valence electrons. The molecule has 0 saturated carbocycles. The van der Waals surface area contributed by atoms with E-state index in [1.165, 1.54) is 24.3 Å². The Morgan fingerprint density at radius 3 is 2.59 bits per heavy atom. The summed E-state index contributed by atoms with van der Waals surface area (Å²) in [6.07, 6.45) is 0.